The van der Waals surface area contributed by atoms with Crippen LogP contribution in [0.5, 0.6) is 0 Å². The monoisotopic (exact) mass is 636 g/mol. The van der Waals surface area contributed by atoms with E-state index >= 15 is 0 Å². The van der Waals surface area contributed by atoms with Gasteiger partial charge in [-0.25, -0.2) is 0 Å². The lowest BCUT2D eigenvalue weighted by molar-refractivity contribution is -0.123. The standard InChI is InChI=1S/C42H69NO3/c1-3-5-7-9-11-12-13-14-15-16-17-18-19-20-21-22-23-24-25-26-27-28-29-30-32-34-36-38-42(46)43-40(39-44)41(45)37-35-33-31-10-8-6-4-2/h5,7,11-12,14-15,17-18,20-21,23-24,26-27,35,37,40-41,44-45H,3-4,6,8-10,13,16,19,22,25,28-34,36,38-39H2,1-2H3,(H,43,46)/b7-5-,12-11-,15-14-,18-17-,21-20-,24-23-,27-26-,37-35+. The van der Waals surface area contributed by atoms with Crippen molar-refractivity contribution < 1.29 is 15.0 Å². The van der Waals surface area contributed by atoms with Gasteiger partial charge in [-0.15, -0.1) is 0 Å². The summed E-state index contributed by atoms with van der Waals surface area (Å²) in [4.78, 5) is 12.3. The average molecular weight is 636 g/mol. The molecule has 0 aromatic carbocycles. The number of allylic oxidation sites excluding steroid dienone is 15. The number of nitrogens with one attached hydrogen (secondary N) is 1. The molecule has 0 spiro atoms. The number of hydrogen-bond acceptors (Lipinski definition) is 3. The average Bonchev–Trinajstić information content (AvgIpc) is 3.06. The SMILES string of the molecule is CC/C=C\C/C=C\C/C=C\C/C=C\C/C=C\C/C=C\C/C=C\CCCCCCCC(=O)NC(CO)C(O)/C=C/CCCCCCC. The number of carbonyl (C=O) groups is 1. The minimum absolute atomic E-state index is 0.0941. The molecular formula is C42H69NO3. The predicted octanol–water partition coefficient (Wildman–Crippen LogP) is 11.1. The van der Waals surface area contributed by atoms with Crippen LogP contribution in [-0.2, 0) is 4.79 Å². The Morgan fingerprint density at radius 1 is 0.543 bits per heavy atom. The summed E-state index contributed by atoms with van der Waals surface area (Å²) in [6, 6.07) is -0.636. The summed E-state index contributed by atoms with van der Waals surface area (Å²) in [7, 11) is 0. The first-order valence-corrected chi connectivity index (χ1v) is 18.5. The molecule has 0 aliphatic rings. The minimum atomic E-state index is -0.850. The fourth-order valence-electron chi connectivity index (χ4n) is 4.74. The Kier molecular flexibility index (Phi) is 34.6. The van der Waals surface area contributed by atoms with E-state index in [-0.39, 0.29) is 12.5 Å². The number of aliphatic hydroxyl groups is 2. The summed E-state index contributed by atoms with van der Waals surface area (Å²) in [5.74, 6) is -0.0941. The zero-order valence-corrected chi connectivity index (χ0v) is 29.5. The van der Waals surface area contributed by atoms with E-state index in [1.54, 1.807) is 6.08 Å². The molecule has 3 N–H and O–H groups in total. The van der Waals surface area contributed by atoms with Gasteiger partial charge >= 0.3 is 0 Å². The molecule has 2 unspecified atom stereocenters. The van der Waals surface area contributed by atoms with Crippen molar-refractivity contribution in [2.75, 3.05) is 6.61 Å². The molecule has 4 nitrogen and oxygen atoms in total. The Morgan fingerprint density at radius 3 is 1.43 bits per heavy atom. The van der Waals surface area contributed by atoms with Crippen LogP contribution >= 0.6 is 0 Å². The molecule has 0 saturated heterocycles. The van der Waals surface area contributed by atoms with E-state index in [1.165, 1.54) is 38.5 Å². The van der Waals surface area contributed by atoms with Crippen molar-refractivity contribution in [3.8, 4) is 0 Å². The maximum atomic E-state index is 12.3. The van der Waals surface area contributed by atoms with Crippen LogP contribution in [0.15, 0.2) is 97.2 Å². The van der Waals surface area contributed by atoms with Crippen LogP contribution in [0.1, 0.15) is 142 Å². The summed E-state index contributed by atoms with van der Waals surface area (Å²) < 4.78 is 0. The Hall–Kier alpha value is -2.69. The van der Waals surface area contributed by atoms with Gasteiger partial charge in [0.2, 0.25) is 5.91 Å². The molecule has 260 valence electrons. The lowest BCUT2D eigenvalue weighted by Gasteiger charge is -2.20. The van der Waals surface area contributed by atoms with Gasteiger partial charge in [-0.05, 0) is 77.0 Å². The third-order valence-corrected chi connectivity index (χ3v) is 7.57. The normalized spacial score (nSPS) is 14.3. The minimum Gasteiger partial charge on any atom is -0.394 e. The highest BCUT2D eigenvalue weighted by molar-refractivity contribution is 5.76. The van der Waals surface area contributed by atoms with Crippen LogP contribution in [0.4, 0.5) is 0 Å². The maximum absolute atomic E-state index is 12.3. The van der Waals surface area contributed by atoms with Crippen molar-refractivity contribution >= 4 is 5.91 Å². The molecule has 0 aromatic rings. The molecule has 4 heteroatoms. The van der Waals surface area contributed by atoms with Crippen LogP contribution in [-0.4, -0.2) is 34.9 Å². The zero-order chi connectivity index (χ0) is 33.6. The zero-order valence-electron chi connectivity index (χ0n) is 29.5. The van der Waals surface area contributed by atoms with Crippen molar-refractivity contribution in [2.24, 2.45) is 0 Å². The molecule has 2 atom stereocenters. The van der Waals surface area contributed by atoms with Crippen LogP contribution in [0.25, 0.3) is 0 Å². The highest BCUT2D eigenvalue weighted by Gasteiger charge is 2.17. The van der Waals surface area contributed by atoms with Gasteiger partial charge in [-0.3, -0.25) is 4.79 Å². The third kappa shape index (κ3) is 32.7. The summed E-state index contributed by atoms with van der Waals surface area (Å²) in [5.41, 5.74) is 0. The quantitative estimate of drug-likeness (QED) is 0.0524. The van der Waals surface area contributed by atoms with Crippen LogP contribution in [0, 0.1) is 0 Å². The first-order valence-electron chi connectivity index (χ1n) is 18.5. The molecule has 0 aliphatic heterocycles. The summed E-state index contributed by atoms with van der Waals surface area (Å²) in [5, 5.41) is 22.7. The number of rotatable bonds is 31. The molecule has 0 aromatic heterocycles. The van der Waals surface area contributed by atoms with Crippen molar-refractivity contribution in [3.05, 3.63) is 97.2 Å². The fourth-order valence-corrected chi connectivity index (χ4v) is 4.74. The molecule has 0 aliphatic carbocycles. The second-order valence-corrected chi connectivity index (χ2v) is 11.9. The fraction of sp³-hybridized carbons (Fsp3) is 0.595. The smallest absolute Gasteiger partial charge is 0.220 e. The van der Waals surface area contributed by atoms with E-state index in [0.29, 0.717) is 6.42 Å². The Morgan fingerprint density at radius 2 is 0.957 bits per heavy atom. The second-order valence-electron chi connectivity index (χ2n) is 11.9. The van der Waals surface area contributed by atoms with E-state index in [9.17, 15) is 15.0 Å². The predicted molar refractivity (Wildman–Crippen MR) is 202 cm³/mol. The van der Waals surface area contributed by atoms with Gasteiger partial charge in [0.1, 0.15) is 0 Å². The van der Waals surface area contributed by atoms with Gasteiger partial charge < -0.3 is 15.5 Å². The maximum Gasteiger partial charge on any atom is 0.220 e. The van der Waals surface area contributed by atoms with Gasteiger partial charge in [0.15, 0.2) is 0 Å². The lowest BCUT2D eigenvalue weighted by Crippen LogP contribution is -2.45. The van der Waals surface area contributed by atoms with Crippen molar-refractivity contribution in [1.82, 2.24) is 5.32 Å². The largest absolute Gasteiger partial charge is 0.394 e. The molecule has 1 amide bonds. The number of amides is 1. The highest BCUT2D eigenvalue weighted by atomic mass is 16.3. The summed E-state index contributed by atoms with van der Waals surface area (Å²) in [6.07, 6.45) is 55.0. The summed E-state index contributed by atoms with van der Waals surface area (Å²) >= 11 is 0. The van der Waals surface area contributed by atoms with Gasteiger partial charge in [0.25, 0.3) is 0 Å². The van der Waals surface area contributed by atoms with Crippen molar-refractivity contribution in [3.63, 3.8) is 0 Å². The molecule has 0 heterocycles. The van der Waals surface area contributed by atoms with E-state index in [1.807, 2.05) is 6.08 Å². The van der Waals surface area contributed by atoms with Crippen molar-refractivity contribution in [1.29, 1.82) is 0 Å². The number of unbranched alkanes of at least 4 members (excludes halogenated alkanes) is 10. The Bertz CT molecular complexity index is 906. The second kappa shape index (κ2) is 36.8. The molecular weight excluding hydrogens is 566 g/mol. The first-order chi connectivity index (χ1) is 22.7. The van der Waals surface area contributed by atoms with Crippen molar-refractivity contribution in [2.45, 2.75) is 154 Å². The van der Waals surface area contributed by atoms with E-state index < -0.39 is 12.1 Å². The van der Waals surface area contributed by atoms with Crippen LogP contribution in [0.3, 0.4) is 0 Å². The highest BCUT2D eigenvalue weighted by Crippen LogP contribution is 2.09. The van der Waals surface area contributed by atoms with E-state index in [2.05, 4.69) is 104 Å². The number of aliphatic hydroxyl groups excluding tert-OH is 2. The first kappa shape index (κ1) is 43.3. The Labute approximate surface area is 283 Å². The van der Waals surface area contributed by atoms with Gasteiger partial charge in [0, 0.05) is 6.42 Å². The van der Waals surface area contributed by atoms with E-state index in [0.717, 1.165) is 83.5 Å². The number of carbonyl (C=O) groups excluding carboxylic acids is 1. The van der Waals surface area contributed by atoms with Gasteiger partial charge in [0.05, 0.1) is 18.8 Å². The third-order valence-electron chi connectivity index (χ3n) is 7.57. The Balaban J connectivity index is 3.70. The van der Waals surface area contributed by atoms with Crippen LogP contribution < -0.4 is 5.32 Å². The van der Waals surface area contributed by atoms with Gasteiger partial charge in [-0.2, -0.15) is 0 Å². The molecule has 46 heavy (non-hydrogen) atoms. The molecule has 0 fully saturated rings. The molecule has 0 radical (unpaired) electrons. The topological polar surface area (TPSA) is 69.6 Å². The molecule has 0 saturated carbocycles. The molecule has 0 bridgehead atoms. The van der Waals surface area contributed by atoms with Gasteiger partial charge in [-0.1, -0.05) is 156 Å². The lowest BCUT2D eigenvalue weighted by atomic mass is 10.1. The van der Waals surface area contributed by atoms with E-state index in [4.69, 9.17) is 0 Å². The summed E-state index contributed by atoms with van der Waals surface area (Å²) in [6.45, 7) is 4.10. The number of hydrogen-bond donors (Lipinski definition) is 3. The van der Waals surface area contributed by atoms with Crippen LogP contribution in [0.2, 0.25) is 0 Å². The molecule has 0 rings (SSSR count).